The van der Waals surface area contributed by atoms with Crippen LogP contribution in [0.15, 0.2) is 23.4 Å². The van der Waals surface area contributed by atoms with Crippen LogP contribution in [0.3, 0.4) is 0 Å². The molecule has 1 aromatic carbocycles. The molecule has 0 amide bonds. The summed E-state index contributed by atoms with van der Waals surface area (Å²) in [6.45, 7) is 0. The molecule has 0 fully saturated rings. The molecule has 1 aromatic rings. The van der Waals surface area contributed by atoms with Crippen molar-refractivity contribution in [1.29, 1.82) is 5.41 Å². The van der Waals surface area contributed by atoms with Crippen molar-refractivity contribution >= 4 is 23.4 Å². The smallest absolute Gasteiger partial charge is 0.168 e. The summed E-state index contributed by atoms with van der Waals surface area (Å²) in [6.07, 6.45) is 0.361. The Morgan fingerprint density at radius 2 is 2.23 bits per heavy atom. The SMILES string of the molecule is N=C(C=O)c1cccc(N=O)c1N. The Hall–Kier alpha value is -2.04. The van der Waals surface area contributed by atoms with Crippen molar-refractivity contribution in [2.24, 2.45) is 5.18 Å². The van der Waals surface area contributed by atoms with E-state index in [9.17, 15) is 9.70 Å². The average molecular weight is 177 g/mol. The van der Waals surface area contributed by atoms with Crippen LogP contribution in [0.2, 0.25) is 0 Å². The zero-order valence-electron chi connectivity index (χ0n) is 6.65. The summed E-state index contributed by atoms with van der Waals surface area (Å²) in [5.74, 6) is 0. The maximum absolute atomic E-state index is 10.3. The molecule has 0 saturated heterocycles. The molecule has 66 valence electrons. The number of carbonyl (C=O) groups is 1. The molecule has 0 aliphatic heterocycles. The molecule has 0 heterocycles. The first-order chi connectivity index (χ1) is 6.20. The van der Waals surface area contributed by atoms with E-state index in [1.165, 1.54) is 18.2 Å². The summed E-state index contributed by atoms with van der Waals surface area (Å²) >= 11 is 0. The molecule has 13 heavy (non-hydrogen) atoms. The van der Waals surface area contributed by atoms with Gasteiger partial charge in [-0.3, -0.25) is 10.2 Å². The van der Waals surface area contributed by atoms with Gasteiger partial charge in [0.25, 0.3) is 0 Å². The van der Waals surface area contributed by atoms with Gasteiger partial charge in [0.05, 0.1) is 5.69 Å². The molecule has 0 saturated carbocycles. The molecular formula is C8H7N3O2. The summed E-state index contributed by atoms with van der Waals surface area (Å²) in [5.41, 5.74) is 5.55. The quantitative estimate of drug-likeness (QED) is 0.314. The molecule has 0 aliphatic rings. The van der Waals surface area contributed by atoms with Gasteiger partial charge in [-0.15, -0.1) is 4.91 Å². The summed E-state index contributed by atoms with van der Waals surface area (Å²) in [4.78, 5) is 20.5. The normalized spacial score (nSPS) is 9.23. The van der Waals surface area contributed by atoms with Crippen molar-refractivity contribution in [3.63, 3.8) is 0 Å². The summed E-state index contributed by atoms with van der Waals surface area (Å²) in [7, 11) is 0. The molecule has 0 aromatic heterocycles. The topological polar surface area (TPSA) is 96.4 Å². The van der Waals surface area contributed by atoms with Gasteiger partial charge in [-0.1, -0.05) is 12.1 Å². The monoisotopic (exact) mass is 177 g/mol. The standard InChI is InChI=1S/C8H7N3O2/c9-6(4-12)5-2-1-3-7(11-13)8(5)10/h1-4,9H,10H2. The van der Waals surface area contributed by atoms with Gasteiger partial charge >= 0.3 is 0 Å². The second-order valence-corrected chi connectivity index (χ2v) is 2.36. The Morgan fingerprint density at radius 1 is 1.54 bits per heavy atom. The van der Waals surface area contributed by atoms with Gasteiger partial charge < -0.3 is 5.73 Å². The molecule has 0 radical (unpaired) electrons. The molecule has 1 rings (SSSR count). The number of para-hydroxylation sites is 1. The number of aldehydes is 1. The molecule has 3 N–H and O–H groups in total. The first-order valence-corrected chi connectivity index (χ1v) is 3.46. The van der Waals surface area contributed by atoms with Gasteiger partial charge in [0.2, 0.25) is 0 Å². The minimum absolute atomic E-state index is 0.0455. The zero-order chi connectivity index (χ0) is 9.84. The van der Waals surface area contributed by atoms with Crippen molar-refractivity contribution in [2.75, 3.05) is 5.73 Å². The lowest BCUT2D eigenvalue weighted by molar-refractivity contribution is -0.102. The van der Waals surface area contributed by atoms with Gasteiger partial charge in [0.1, 0.15) is 11.4 Å². The number of anilines is 1. The molecule has 0 spiro atoms. The van der Waals surface area contributed by atoms with Crippen molar-refractivity contribution in [2.45, 2.75) is 0 Å². The Kier molecular flexibility index (Phi) is 2.49. The van der Waals surface area contributed by atoms with E-state index in [-0.39, 0.29) is 22.6 Å². The zero-order valence-corrected chi connectivity index (χ0v) is 6.65. The van der Waals surface area contributed by atoms with Crippen LogP contribution in [-0.2, 0) is 4.79 Å². The fourth-order valence-corrected chi connectivity index (χ4v) is 0.931. The van der Waals surface area contributed by atoms with E-state index < -0.39 is 0 Å². The fourth-order valence-electron chi connectivity index (χ4n) is 0.931. The van der Waals surface area contributed by atoms with Gasteiger partial charge in [-0.05, 0) is 11.2 Å². The maximum Gasteiger partial charge on any atom is 0.168 e. The molecule has 0 unspecified atom stereocenters. The van der Waals surface area contributed by atoms with Gasteiger partial charge in [0.15, 0.2) is 6.29 Å². The van der Waals surface area contributed by atoms with Crippen LogP contribution in [-0.4, -0.2) is 12.0 Å². The van der Waals surface area contributed by atoms with E-state index in [1.54, 1.807) is 0 Å². The van der Waals surface area contributed by atoms with E-state index >= 15 is 0 Å². The highest BCUT2D eigenvalue weighted by Gasteiger charge is 2.08. The number of nitrogen functional groups attached to an aromatic ring is 1. The number of hydrogen-bond donors (Lipinski definition) is 2. The second kappa shape index (κ2) is 3.57. The second-order valence-electron chi connectivity index (χ2n) is 2.36. The first-order valence-electron chi connectivity index (χ1n) is 3.46. The molecule has 5 heteroatoms. The van der Waals surface area contributed by atoms with Crippen LogP contribution in [0.5, 0.6) is 0 Å². The highest BCUT2D eigenvalue weighted by Crippen LogP contribution is 2.24. The van der Waals surface area contributed by atoms with Crippen LogP contribution in [0.1, 0.15) is 5.56 Å². The van der Waals surface area contributed by atoms with E-state index in [1.807, 2.05) is 0 Å². The lowest BCUT2D eigenvalue weighted by Crippen LogP contribution is -2.04. The molecule has 5 nitrogen and oxygen atoms in total. The Labute approximate surface area is 74.0 Å². The third-order valence-electron chi connectivity index (χ3n) is 1.59. The Bertz CT molecular complexity index is 374. The first kappa shape index (κ1) is 9.05. The molecule has 0 aliphatic carbocycles. The lowest BCUT2D eigenvalue weighted by atomic mass is 10.1. The number of hydrogen-bond acceptors (Lipinski definition) is 5. The molecule has 0 bridgehead atoms. The highest BCUT2D eigenvalue weighted by atomic mass is 16.3. The number of benzene rings is 1. The van der Waals surface area contributed by atoms with Crippen LogP contribution >= 0.6 is 0 Å². The Morgan fingerprint density at radius 3 is 2.77 bits per heavy atom. The van der Waals surface area contributed by atoms with Crippen LogP contribution in [0.4, 0.5) is 11.4 Å². The minimum atomic E-state index is -0.261. The largest absolute Gasteiger partial charge is 0.396 e. The van der Waals surface area contributed by atoms with Crippen molar-refractivity contribution < 1.29 is 4.79 Å². The maximum atomic E-state index is 10.3. The van der Waals surface area contributed by atoms with Gasteiger partial charge in [-0.25, -0.2) is 0 Å². The van der Waals surface area contributed by atoms with Crippen molar-refractivity contribution in [1.82, 2.24) is 0 Å². The summed E-state index contributed by atoms with van der Waals surface area (Å²) < 4.78 is 0. The number of nitroso groups, excluding NO2 is 1. The van der Waals surface area contributed by atoms with Gasteiger partial charge in [0, 0.05) is 5.56 Å². The minimum Gasteiger partial charge on any atom is -0.396 e. The van der Waals surface area contributed by atoms with Crippen LogP contribution < -0.4 is 5.73 Å². The number of nitrogens with one attached hydrogen (secondary N) is 1. The van der Waals surface area contributed by atoms with E-state index in [4.69, 9.17) is 11.1 Å². The number of carbonyl (C=O) groups excluding carboxylic acids is 1. The Balaban J connectivity index is 3.30. The fraction of sp³-hybridized carbons (Fsp3) is 0. The van der Waals surface area contributed by atoms with E-state index in [0.717, 1.165) is 0 Å². The van der Waals surface area contributed by atoms with E-state index in [0.29, 0.717) is 6.29 Å². The predicted molar refractivity (Wildman–Crippen MR) is 49.2 cm³/mol. The third-order valence-corrected chi connectivity index (χ3v) is 1.59. The molecule has 0 atom stereocenters. The van der Waals surface area contributed by atoms with Crippen LogP contribution in [0, 0.1) is 10.3 Å². The number of rotatable bonds is 3. The van der Waals surface area contributed by atoms with Crippen molar-refractivity contribution in [3.8, 4) is 0 Å². The lowest BCUT2D eigenvalue weighted by Gasteiger charge is -2.02. The highest BCUT2D eigenvalue weighted by molar-refractivity contribution is 6.36. The number of nitrogens with two attached hydrogens (primary N) is 1. The van der Waals surface area contributed by atoms with Crippen LogP contribution in [0.25, 0.3) is 0 Å². The predicted octanol–water partition coefficient (Wildman–Crippen LogP) is 1.23. The number of nitrogens with zero attached hydrogens (tertiary/aromatic N) is 1. The van der Waals surface area contributed by atoms with Gasteiger partial charge in [-0.2, -0.15) is 0 Å². The summed E-state index contributed by atoms with van der Waals surface area (Å²) in [5, 5.41) is 9.86. The average Bonchev–Trinajstić information content (AvgIpc) is 2.17. The summed E-state index contributed by atoms with van der Waals surface area (Å²) in [6, 6.07) is 4.42. The van der Waals surface area contributed by atoms with Crippen molar-refractivity contribution in [3.05, 3.63) is 28.7 Å². The van der Waals surface area contributed by atoms with E-state index in [2.05, 4.69) is 5.18 Å². The third kappa shape index (κ3) is 1.58. The molecular weight excluding hydrogens is 170 g/mol.